The number of esters is 2. The molecule has 0 aliphatic heterocycles. The second-order valence-corrected chi connectivity index (χ2v) is 8.37. The van der Waals surface area contributed by atoms with Crippen LogP contribution < -0.4 is 0 Å². The molecule has 154 valence electrons. The average Bonchev–Trinajstić information content (AvgIpc) is 2.97. The Morgan fingerprint density at radius 2 is 1.00 bits per heavy atom. The molecule has 4 nitrogen and oxygen atoms in total. The molecule has 2 atom stereocenters. The summed E-state index contributed by atoms with van der Waals surface area (Å²) in [5.41, 5.74) is 3.20. The highest BCUT2D eigenvalue weighted by molar-refractivity contribution is 5.90. The molecule has 29 heavy (non-hydrogen) atoms. The summed E-state index contributed by atoms with van der Waals surface area (Å²) in [6.07, 6.45) is -0.460. The molecular formula is C25H30O4. The van der Waals surface area contributed by atoms with Gasteiger partial charge in [-0.3, -0.25) is 9.59 Å². The lowest BCUT2D eigenvalue weighted by atomic mass is 9.61. The summed E-state index contributed by atoms with van der Waals surface area (Å²) in [6, 6.07) is 16.0. The molecule has 2 aromatic rings. The normalized spacial score (nSPS) is 16.1. The van der Waals surface area contributed by atoms with Gasteiger partial charge in [-0.05, 0) is 49.9 Å². The van der Waals surface area contributed by atoms with Crippen molar-refractivity contribution >= 4 is 11.9 Å². The number of rotatable bonds is 6. The third kappa shape index (κ3) is 3.45. The van der Waals surface area contributed by atoms with Gasteiger partial charge in [-0.25, -0.2) is 0 Å². The number of fused-ring (bicyclic) bond motifs is 3. The summed E-state index contributed by atoms with van der Waals surface area (Å²) in [4.78, 5) is 26.3. The van der Waals surface area contributed by atoms with Gasteiger partial charge in [0.1, 0.15) is 0 Å². The van der Waals surface area contributed by atoms with Crippen molar-refractivity contribution in [3.63, 3.8) is 0 Å². The van der Waals surface area contributed by atoms with Crippen molar-refractivity contribution in [1.29, 1.82) is 0 Å². The molecule has 0 spiro atoms. The molecule has 0 bridgehead atoms. The minimum absolute atomic E-state index is 0.230. The van der Waals surface area contributed by atoms with Crippen molar-refractivity contribution < 1.29 is 19.1 Å². The lowest BCUT2D eigenvalue weighted by molar-refractivity contribution is -0.159. The first-order valence-corrected chi connectivity index (χ1v) is 10.3. The first-order chi connectivity index (χ1) is 13.7. The van der Waals surface area contributed by atoms with Crippen molar-refractivity contribution in [2.45, 2.75) is 59.2 Å². The highest BCUT2D eigenvalue weighted by Gasteiger charge is 2.56. The van der Waals surface area contributed by atoms with Crippen molar-refractivity contribution in [3.05, 3.63) is 59.7 Å². The van der Waals surface area contributed by atoms with Crippen molar-refractivity contribution in [3.8, 4) is 11.1 Å². The lowest BCUT2D eigenvalue weighted by Crippen LogP contribution is -2.48. The zero-order valence-corrected chi connectivity index (χ0v) is 18.1. The van der Waals surface area contributed by atoms with Crippen LogP contribution in [0.5, 0.6) is 0 Å². The van der Waals surface area contributed by atoms with Gasteiger partial charge in [0.2, 0.25) is 0 Å². The Bertz CT molecular complexity index is 837. The van der Waals surface area contributed by atoms with E-state index >= 15 is 0 Å². The zero-order valence-electron chi connectivity index (χ0n) is 18.1. The second kappa shape index (κ2) is 8.02. The van der Waals surface area contributed by atoms with E-state index in [-0.39, 0.29) is 24.1 Å². The van der Waals surface area contributed by atoms with Gasteiger partial charge in [-0.1, -0.05) is 62.4 Å². The Morgan fingerprint density at radius 3 is 1.34 bits per heavy atom. The minimum Gasteiger partial charge on any atom is -0.463 e. The van der Waals surface area contributed by atoms with E-state index in [1.165, 1.54) is 0 Å². The van der Waals surface area contributed by atoms with E-state index in [4.69, 9.17) is 9.47 Å². The third-order valence-electron chi connectivity index (χ3n) is 5.81. The van der Waals surface area contributed by atoms with Gasteiger partial charge in [0.05, 0.1) is 24.0 Å². The molecule has 0 saturated heterocycles. The van der Waals surface area contributed by atoms with E-state index in [1.54, 1.807) is 0 Å². The Kier molecular flexibility index (Phi) is 5.83. The molecule has 1 aliphatic carbocycles. The molecule has 4 heteroatoms. The van der Waals surface area contributed by atoms with Crippen LogP contribution in [0.25, 0.3) is 11.1 Å². The second-order valence-electron chi connectivity index (χ2n) is 8.37. The van der Waals surface area contributed by atoms with E-state index in [2.05, 4.69) is 12.1 Å². The van der Waals surface area contributed by atoms with Crippen LogP contribution in [0.3, 0.4) is 0 Å². The predicted molar refractivity (Wildman–Crippen MR) is 113 cm³/mol. The first-order valence-electron chi connectivity index (χ1n) is 10.3. The maximum Gasteiger partial charge on any atom is 0.310 e. The molecule has 0 amide bonds. The maximum atomic E-state index is 13.1. The average molecular weight is 395 g/mol. The van der Waals surface area contributed by atoms with Crippen molar-refractivity contribution in [2.75, 3.05) is 0 Å². The molecule has 2 unspecified atom stereocenters. The molecule has 0 N–H and O–H groups in total. The maximum absolute atomic E-state index is 13.1. The number of benzene rings is 2. The Labute approximate surface area is 173 Å². The third-order valence-corrected chi connectivity index (χ3v) is 5.81. The van der Waals surface area contributed by atoms with Crippen LogP contribution in [-0.4, -0.2) is 24.1 Å². The van der Waals surface area contributed by atoms with Crippen LogP contribution in [0.4, 0.5) is 0 Å². The highest BCUT2D eigenvalue weighted by atomic mass is 16.5. The van der Waals surface area contributed by atoms with Crippen LogP contribution >= 0.6 is 0 Å². The van der Waals surface area contributed by atoms with Gasteiger partial charge in [0, 0.05) is 5.41 Å². The van der Waals surface area contributed by atoms with Crippen LogP contribution in [0.15, 0.2) is 48.5 Å². The minimum atomic E-state index is -0.856. The monoisotopic (exact) mass is 394 g/mol. The van der Waals surface area contributed by atoms with Crippen LogP contribution in [-0.2, 0) is 24.5 Å². The van der Waals surface area contributed by atoms with Gasteiger partial charge in [-0.15, -0.1) is 0 Å². The van der Waals surface area contributed by atoms with Gasteiger partial charge >= 0.3 is 11.9 Å². The molecule has 3 rings (SSSR count). The summed E-state index contributed by atoms with van der Waals surface area (Å²) in [5, 5.41) is 0. The van der Waals surface area contributed by atoms with E-state index in [1.807, 2.05) is 77.9 Å². The fourth-order valence-electron chi connectivity index (χ4n) is 4.65. The molecule has 0 aromatic heterocycles. The number of hydrogen-bond donors (Lipinski definition) is 0. The number of hydrogen-bond acceptors (Lipinski definition) is 4. The smallest absolute Gasteiger partial charge is 0.310 e. The van der Waals surface area contributed by atoms with E-state index in [9.17, 15) is 9.59 Å². The molecule has 0 heterocycles. The topological polar surface area (TPSA) is 52.6 Å². The van der Waals surface area contributed by atoms with Crippen molar-refractivity contribution in [2.24, 2.45) is 11.8 Å². The number of ether oxygens (including phenoxy) is 2. The molecule has 0 radical (unpaired) electrons. The summed E-state index contributed by atoms with van der Waals surface area (Å²) < 4.78 is 11.2. The zero-order chi connectivity index (χ0) is 21.3. The molecule has 0 saturated carbocycles. The van der Waals surface area contributed by atoms with E-state index < -0.39 is 17.3 Å². The van der Waals surface area contributed by atoms with Crippen LogP contribution in [0.2, 0.25) is 0 Å². The fraction of sp³-hybridized carbons (Fsp3) is 0.440. The van der Waals surface area contributed by atoms with E-state index in [0.717, 1.165) is 22.3 Å². The summed E-state index contributed by atoms with van der Waals surface area (Å²) in [5.74, 6) is -1.75. The van der Waals surface area contributed by atoms with Crippen LogP contribution in [0, 0.1) is 11.8 Å². The summed E-state index contributed by atoms with van der Waals surface area (Å²) in [7, 11) is 0. The van der Waals surface area contributed by atoms with E-state index in [0.29, 0.717) is 0 Å². The number of carbonyl (C=O) groups is 2. The summed E-state index contributed by atoms with van der Waals surface area (Å²) >= 11 is 0. The molecular weight excluding hydrogens is 364 g/mol. The largest absolute Gasteiger partial charge is 0.463 e. The Morgan fingerprint density at radius 1 is 0.655 bits per heavy atom. The van der Waals surface area contributed by atoms with Gasteiger partial charge < -0.3 is 9.47 Å². The van der Waals surface area contributed by atoms with Crippen LogP contribution in [0.1, 0.15) is 52.7 Å². The Balaban J connectivity index is 2.27. The van der Waals surface area contributed by atoms with Crippen molar-refractivity contribution in [1.82, 2.24) is 0 Å². The standard InChI is InChI=1S/C25H30O4/c1-15(2)28-23(26)17(5)25(18(6)24(27)29-16(3)4)21-13-9-7-11-19(21)20-12-8-10-14-22(20)25/h7-18H,1-6H3. The first kappa shape index (κ1) is 21.1. The lowest BCUT2D eigenvalue weighted by Gasteiger charge is -2.40. The summed E-state index contributed by atoms with van der Waals surface area (Å²) in [6.45, 7) is 11.1. The molecule has 1 aliphatic rings. The molecule has 0 fully saturated rings. The highest BCUT2D eigenvalue weighted by Crippen LogP contribution is 2.57. The van der Waals surface area contributed by atoms with Gasteiger partial charge in [-0.2, -0.15) is 0 Å². The Hall–Kier alpha value is -2.62. The fourth-order valence-corrected chi connectivity index (χ4v) is 4.65. The molecule has 2 aromatic carbocycles. The number of carbonyl (C=O) groups excluding carboxylic acids is 2. The van der Waals surface area contributed by atoms with Gasteiger partial charge in [0.15, 0.2) is 0 Å². The predicted octanol–water partition coefficient (Wildman–Crippen LogP) is 5.13. The SMILES string of the molecule is CC(C)OC(=O)C(C)C1(C(C)C(=O)OC(C)C)c2ccccc2-c2ccccc21. The quantitative estimate of drug-likeness (QED) is 0.638. The van der Waals surface area contributed by atoms with Gasteiger partial charge in [0.25, 0.3) is 0 Å².